The Morgan fingerprint density at radius 1 is 0.818 bits per heavy atom. The minimum Gasteiger partial charge on any atom is -0.497 e. The number of carbonyl (C=O) groups excluding carboxylic acids is 2. The molecule has 0 bridgehead atoms. The Hall–Kier alpha value is -5.18. The molecule has 0 aliphatic heterocycles. The molecule has 8 nitrogen and oxygen atoms in total. The fourth-order valence-electron chi connectivity index (χ4n) is 4.92. The fourth-order valence-corrected chi connectivity index (χ4v) is 4.92. The van der Waals surface area contributed by atoms with Crippen LogP contribution in [0.1, 0.15) is 51.2 Å². The van der Waals surface area contributed by atoms with E-state index >= 15 is 0 Å². The van der Waals surface area contributed by atoms with Crippen LogP contribution in [-0.2, 0) is 11.2 Å². The third kappa shape index (κ3) is 8.01. The van der Waals surface area contributed by atoms with Crippen molar-refractivity contribution in [3.63, 3.8) is 0 Å². The zero-order chi connectivity index (χ0) is 31.6. The van der Waals surface area contributed by atoms with Gasteiger partial charge in [0.05, 0.1) is 26.7 Å². The zero-order valence-electron chi connectivity index (χ0n) is 24.9. The third-order valence-corrected chi connectivity index (χ3v) is 7.30. The first kappa shape index (κ1) is 31.7. The van der Waals surface area contributed by atoms with E-state index in [0.29, 0.717) is 40.2 Å². The highest BCUT2D eigenvalue weighted by atomic mass is 19.1. The van der Waals surface area contributed by atoms with Gasteiger partial charge in [-0.15, -0.1) is 0 Å². The van der Waals surface area contributed by atoms with Crippen molar-refractivity contribution in [2.45, 2.75) is 25.8 Å². The Labute approximate surface area is 256 Å². The number of ether oxygens (including phenoxy) is 2. The molecule has 0 saturated carbocycles. The second kappa shape index (κ2) is 14.8. The molecule has 9 heteroatoms. The summed E-state index contributed by atoms with van der Waals surface area (Å²) in [6, 6.07) is 24.9. The van der Waals surface area contributed by atoms with Gasteiger partial charge in [0.15, 0.2) is 0 Å². The Kier molecular flexibility index (Phi) is 10.7. The van der Waals surface area contributed by atoms with Crippen LogP contribution in [0.25, 0.3) is 11.1 Å². The van der Waals surface area contributed by atoms with Gasteiger partial charge >= 0.3 is 5.97 Å². The average Bonchev–Trinajstić information content (AvgIpc) is 3.04. The van der Waals surface area contributed by atoms with Crippen molar-refractivity contribution in [2.24, 2.45) is 0 Å². The highest BCUT2D eigenvalue weighted by Gasteiger charge is 2.23. The minimum absolute atomic E-state index is 0.000915. The smallest absolute Gasteiger partial charge is 0.305 e. The maximum atomic E-state index is 14.0. The van der Waals surface area contributed by atoms with Gasteiger partial charge in [0, 0.05) is 30.3 Å². The van der Waals surface area contributed by atoms with Crippen LogP contribution in [-0.4, -0.2) is 55.1 Å². The topological polar surface area (TPSA) is 105 Å². The molecule has 4 aromatic rings. The first-order valence-corrected chi connectivity index (χ1v) is 14.2. The van der Waals surface area contributed by atoms with Gasteiger partial charge in [-0.3, -0.25) is 14.4 Å². The predicted octanol–water partition coefficient (Wildman–Crippen LogP) is 6.16. The molecule has 0 fully saturated rings. The number of hydrogen-bond acceptors (Lipinski definition) is 5. The number of nitrogens with zero attached hydrogens (tertiary/aromatic N) is 1. The van der Waals surface area contributed by atoms with Crippen LogP contribution in [0.3, 0.4) is 0 Å². The van der Waals surface area contributed by atoms with Gasteiger partial charge in [-0.2, -0.15) is 0 Å². The van der Waals surface area contributed by atoms with Crippen LogP contribution in [0, 0.1) is 5.82 Å². The molecule has 1 unspecified atom stereocenters. The van der Waals surface area contributed by atoms with Crippen molar-refractivity contribution in [3.05, 3.63) is 119 Å². The lowest BCUT2D eigenvalue weighted by Gasteiger charge is -2.24. The summed E-state index contributed by atoms with van der Waals surface area (Å²) in [5, 5.41) is 12.4. The number of carbonyl (C=O) groups is 3. The molecule has 4 rings (SSSR count). The monoisotopic (exact) mass is 598 g/mol. The Bertz CT molecular complexity index is 1600. The maximum Gasteiger partial charge on any atom is 0.305 e. The summed E-state index contributed by atoms with van der Waals surface area (Å²) >= 11 is 0. The quantitative estimate of drug-likeness (QED) is 0.191. The number of methoxy groups -OCH3 is 2. The number of benzene rings is 4. The van der Waals surface area contributed by atoms with Crippen LogP contribution in [0.2, 0.25) is 0 Å². The van der Waals surface area contributed by atoms with E-state index in [0.717, 1.165) is 11.1 Å². The minimum atomic E-state index is -1.02. The van der Waals surface area contributed by atoms with Gasteiger partial charge in [-0.1, -0.05) is 48.5 Å². The standard InChI is InChI=1S/C35H35FN2O6/c1-23(25-12-14-26(36)15-13-25)37-34(41)31-10-6-4-8-29(31)30-9-5-7-11-32(30)35(42)38(19-17-33(39)40)18-16-24-20-27(43-2)22-28(21-24)44-3/h4-15,20-23H,16-19H2,1-3H3,(H,37,41)(H,39,40). The summed E-state index contributed by atoms with van der Waals surface area (Å²) in [4.78, 5) is 40.5. The number of halogens is 1. The van der Waals surface area contributed by atoms with E-state index in [1.807, 2.05) is 19.1 Å². The van der Waals surface area contributed by atoms with Crippen LogP contribution in [0.15, 0.2) is 91.0 Å². The molecule has 0 saturated heterocycles. The number of carboxylic acids is 1. The lowest BCUT2D eigenvalue weighted by Crippen LogP contribution is -2.35. The molecule has 0 aliphatic carbocycles. The Balaban J connectivity index is 1.63. The second-order valence-electron chi connectivity index (χ2n) is 10.2. The number of carboxylic acid groups (broad SMARTS) is 1. The number of nitrogens with one attached hydrogen (secondary N) is 1. The van der Waals surface area contributed by atoms with Gasteiger partial charge in [-0.05, 0) is 72.0 Å². The zero-order valence-corrected chi connectivity index (χ0v) is 24.9. The number of rotatable bonds is 13. The van der Waals surface area contributed by atoms with Crippen molar-refractivity contribution >= 4 is 17.8 Å². The van der Waals surface area contributed by atoms with Gasteiger partial charge in [0.2, 0.25) is 0 Å². The molecule has 1 atom stereocenters. The highest BCUT2D eigenvalue weighted by molar-refractivity contribution is 6.06. The predicted molar refractivity (Wildman–Crippen MR) is 166 cm³/mol. The van der Waals surface area contributed by atoms with E-state index in [2.05, 4.69) is 5.32 Å². The summed E-state index contributed by atoms with van der Waals surface area (Å²) in [5.41, 5.74) is 3.41. The van der Waals surface area contributed by atoms with E-state index < -0.39 is 12.0 Å². The van der Waals surface area contributed by atoms with E-state index in [4.69, 9.17) is 9.47 Å². The Morgan fingerprint density at radius 3 is 1.98 bits per heavy atom. The van der Waals surface area contributed by atoms with Crippen molar-refractivity contribution < 1.29 is 33.4 Å². The second-order valence-corrected chi connectivity index (χ2v) is 10.2. The first-order chi connectivity index (χ1) is 21.2. The largest absolute Gasteiger partial charge is 0.497 e. The molecule has 4 aromatic carbocycles. The van der Waals surface area contributed by atoms with Crippen molar-refractivity contribution in [3.8, 4) is 22.6 Å². The van der Waals surface area contributed by atoms with Crippen molar-refractivity contribution in [1.29, 1.82) is 0 Å². The average molecular weight is 599 g/mol. The van der Waals surface area contributed by atoms with Gasteiger partial charge < -0.3 is 24.8 Å². The van der Waals surface area contributed by atoms with Crippen LogP contribution in [0.4, 0.5) is 4.39 Å². The van der Waals surface area contributed by atoms with Crippen LogP contribution < -0.4 is 14.8 Å². The number of hydrogen-bond donors (Lipinski definition) is 2. The molecule has 0 heterocycles. The molecular weight excluding hydrogens is 563 g/mol. The SMILES string of the molecule is COc1cc(CCN(CCC(=O)O)C(=O)c2ccccc2-c2ccccc2C(=O)NC(C)c2ccc(F)cc2)cc(OC)c1. The van der Waals surface area contributed by atoms with Gasteiger partial charge in [-0.25, -0.2) is 4.39 Å². The van der Waals surface area contributed by atoms with Crippen LogP contribution >= 0.6 is 0 Å². The van der Waals surface area contributed by atoms with Crippen molar-refractivity contribution in [1.82, 2.24) is 10.2 Å². The lowest BCUT2D eigenvalue weighted by atomic mass is 9.94. The third-order valence-electron chi connectivity index (χ3n) is 7.30. The van der Waals surface area contributed by atoms with Crippen molar-refractivity contribution in [2.75, 3.05) is 27.3 Å². The fraction of sp³-hybridized carbons (Fsp3) is 0.229. The normalized spacial score (nSPS) is 11.4. The van der Waals surface area contributed by atoms with E-state index in [-0.39, 0.29) is 37.1 Å². The molecule has 44 heavy (non-hydrogen) atoms. The van der Waals surface area contributed by atoms with Gasteiger partial charge in [0.25, 0.3) is 11.8 Å². The molecule has 0 aliphatic rings. The maximum absolute atomic E-state index is 14.0. The summed E-state index contributed by atoms with van der Waals surface area (Å²) in [5.74, 6) is -0.870. The summed E-state index contributed by atoms with van der Waals surface area (Å²) in [6.45, 7) is 2.05. The number of amides is 2. The first-order valence-electron chi connectivity index (χ1n) is 14.2. The molecule has 0 aromatic heterocycles. The van der Waals surface area contributed by atoms with E-state index in [9.17, 15) is 23.9 Å². The number of aliphatic carboxylic acids is 1. The molecule has 0 spiro atoms. The molecule has 2 amide bonds. The highest BCUT2D eigenvalue weighted by Crippen LogP contribution is 2.29. The van der Waals surface area contributed by atoms with E-state index in [1.165, 1.54) is 17.0 Å². The molecule has 0 radical (unpaired) electrons. The summed E-state index contributed by atoms with van der Waals surface area (Å²) < 4.78 is 24.1. The lowest BCUT2D eigenvalue weighted by molar-refractivity contribution is -0.137. The summed E-state index contributed by atoms with van der Waals surface area (Å²) in [7, 11) is 3.11. The molecule has 2 N–H and O–H groups in total. The Morgan fingerprint density at radius 2 is 1.39 bits per heavy atom. The van der Waals surface area contributed by atoms with E-state index in [1.54, 1.807) is 80.9 Å². The molecule has 228 valence electrons. The van der Waals surface area contributed by atoms with Gasteiger partial charge in [0.1, 0.15) is 17.3 Å². The molecular formula is C35H35FN2O6. The summed E-state index contributed by atoms with van der Waals surface area (Å²) in [6.07, 6.45) is 0.205. The van der Waals surface area contributed by atoms with Crippen LogP contribution in [0.5, 0.6) is 11.5 Å².